The SMILES string of the molecule is BrCCCCCCCCCCc1c2ccccc2c(-n2c3ccc(N(c4ccccc4)c4ccccc4)cc3c3cc(N(c4ccccc4)c4ccccc4)ccc32)c2ccccc12.Brc1c2ccccc2c(-n2c3ccc(N(c4ccccc4)c4ccccc4)cc3c3cc(N(c4ccccc4)c4ccccc4)ccc32)c2ccccc12. The first-order valence-electron chi connectivity index (χ1n) is 41.4. The second-order valence-corrected chi connectivity index (χ2v) is 32.0. The fourth-order valence-electron chi connectivity index (χ4n) is 17.9. The van der Waals surface area contributed by atoms with E-state index in [-0.39, 0.29) is 0 Å². The van der Waals surface area contributed by atoms with Crippen molar-refractivity contribution >= 4 is 187 Å². The van der Waals surface area contributed by atoms with Crippen molar-refractivity contribution in [2.75, 3.05) is 24.9 Å². The lowest BCUT2D eigenvalue weighted by atomic mass is 9.91. The average Bonchev–Trinajstić information content (AvgIpc) is 1.56. The second kappa shape index (κ2) is 34.3. The summed E-state index contributed by atoms with van der Waals surface area (Å²) in [6.07, 6.45) is 11.5. The molecule has 0 aliphatic heterocycles. The Morgan fingerprint density at radius 2 is 0.390 bits per heavy atom. The molecule has 572 valence electrons. The maximum atomic E-state index is 4.00. The fourth-order valence-corrected chi connectivity index (χ4v) is 19.0. The largest absolute Gasteiger partial charge is 0.310 e. The maximum absolute atomic E-state index is 4.00. The maximum Gasteiger partial charge on any atom is 0.0619 e. The average molecular weight is 1650 g/mol. The predicted octanol–water partition coefficient (Wildman–Crippen LogP) is 32.9. The molecule has 8 heteroatoms. The van der Waals surface area contributed by atoms with Crippen LogP contribution in [0.15, 0.2) is 417 Å². The minimum Gasteiger partial charge on any atom is -0.310 e. The lowest BCUT2D eigenvalue weighted by Crippen LogP contribution is -2.09. The molecule has 2 aromatic heterocycles. The van der Waals surface area contributed by atoms with E-state index in [9.17, 15) is 0 Å². The number of unbranched alkanes of at least 4 members (excludes halogenated alkanes) is 7. The van der Waals surface area contributed by atoms with E-state index in [1.807, 2.05) is 0 Å². The smallest absolute Gasteiger partial charge is 0.0619 e. The van der Waals surface area contributed by atoms with Crippen LogP contribution in [0, 0.1) is 0 Å². The number of halogens is 2. The third kappa shape index (κ3) is 14.6. The molecule has 0 bridgehead atoms. The standard InChI is InChI=1S/C60H54BrN3.C50H34BrN3/c61-42-24-6-4-2-1-3-5-19-33-51-52-34-20-22-36-54(52)60(55-37-23-21-35-53(51)55)64-58-40-38-49(62(45-25-11-7-12-26-45)46-27-13-8-14-28-46)43-56(58)57-44-50(39-41-59(57)64)63(47-29-15-9-16-30-47)48-31-17-10-18-32-48;51-49-41-25-13-15-27-43(41)50(44-28-16-14-26-42(44)49)54-47-31-29-39(52(35-17-5-1-6-18-35)36-19-7-2-8-20-36)33-45(47)46-34-40(30-32-48(46)54)53(37-21-9-3-10-22-37)38-23-11-4-12-24-38/h7-18,20-23,25-32,34-41,43-44H,1-6,19,24,33,42H2;1-34H. The Labute approximate surface area is 707 Å². The van der Waals surface area contributed by atoms with Crippen LogP contribution in [0.5, 0.6) is 0 Å². The van der Waals surface area contributed by atoms with Gasteiger partial charge in [0, 0.05) is 121 Å². The van der Waals surface area contributed by atoms with Crippen LogP contribution in [0.2, 0.25) is 0 Å². The highest BCUT2D eigenvalue weighted by molar-refractivity contribution is 9.11. The van der Waals surface area contributed by atoms with Crippen LogP contribution in [-0.4, -0.2) is 14.5 Å². The number of rotatable bonds is 24. The Morgan fingerprint density at radius 1 is 0.186 bits per heavy atom. The molecule has 0 radical (unpaired) electrons. The molecule has 0 unspecified atom stereocenters. The lowest BCUT2D eigenvalue weighted by molar-refractivity contribution is 0.577. The van der Waals surface area contributed by atoms with Gasteiger partial charge in [-0.2, -0.15) is 0 Å². The molecule has 2 heterocycles. The van der Waals surface area contributed by atoms with Gasteiger partial charge in [0.15, 0.2) is 0 Å². The number of hydrogen-bond acceptors (Lipinski definition) is 4. The van der Waals surface area contributed by atoms with E-state index < -0.39 is 0 Å². The first-order valence-corrected chi connectivity index (χ1v) is 43.3. The van der Waals surface area contributed by atoms with Gasteiger partial charge in [0.25, 0.3) is 0 Å². The summed E-state index contributed by atoms with van der Waals surface area (Å²) in [5, 5.41) is 15.9. The Morgan fingerprint density at radius 3 is 0.636 bits per heavy atom. The molecule has 0 N–H and O–H groups in total. The van der Waals surface area contributed by atoms with Crippen molar-refractivity contribution < 1.29 is 0 Å². The van der Waals surface area contributed by atoms with E-state index in [0.29, 0.717) is 0 Å². The van der Waals surface area contributed by atoms with Crippen molar-refractivity contribution in [3.63, 3.8) is 0 Å². The van der Waals surface area contributed by atoms with E-state index in [1.54, 1.807) is 0 Å². The number of benzene rings is 18. The summed E-state index contributed by atoms with van der Waals surface area (Å²) in [7, 11) is 0. The van der Waals surface area contributed by atoms with Crippen molar-refractivity contribution in [1.82, 2.24) is 9.13 Å². The molecule has 0 fully saturated rings. The molecule has 0 saturated carbocycles. The van der Waals surface area contributed by atoms with Crippen LogP contribution in [0.4, 0.5) is 68.2 Å². The molecule has 18 aromatic carbocycles. The summed E-state index contributed by atoms with van der Waals surface area (Å²) in [5.41, 5.74) is 21.9. The highest BCUT2D eigenvalue weighted by Gasteiger charge is 2.27. The first kappa shape index (κ1) is 74.8. The molecule has 0 aliphatic rings. The van der Waals surface area contributed by atoms with E-state index in [2.05, 4.69) is 473 Å². The topological polar surface area (TPSA) is 22.8 Å². The molecule has 6 nitrogen and oxygen atoms in total. The molecule has 20 aromatic rings. The normalized spacial score (nSPS) is 11.5. The van der Waals surface area contributed by atoms with Gasteiger partial charge in [0.05, 0.1) is 33.4 Å². The van der Waals surface area contributed by atoms with Crippen molar-refractivity contribution in [3.8, 4) is 11.4 Å². The number of alkyl halides is 1. The van der Waals surface area contributed by atoms with Crippen LogP contribution >= 0.6 is 31.9 Å². The summed E-state index contributed by atoms with van der Waals surface area (Å²) in [5.74, 6) is 0. The summed E-state index contributed by atoms with van der Waals surface area (Å²) < 4.78 is 6.16. The van der Waals surface area contributed by atoms with Crippen molar-refractivity contribution in [1.29, 1.82) is 0 Å². The van der Waals surface area contributed by atoms with E-state index >= 15 is 0 Å². The number of hydrogen-bond donors (Lipinski definition) is 0. The minimum absolute atomic E-state index is 1.08. The number of para-hydroxylation sites is 8. The zero-order chi connectivity index (χ0) is 79.1. The van der Waals surface area contributed by atoms with Gasteiger partial charge in [-0.25, -0.2) is 0 Å². The second-order valence-electron chi connectivity index (χ2n) is 30.4. The number of aromatic nitrogens is 2. The third-order valence-electron chi connectivity index (χ3n) is 23.2. The van der Waals surface area contributed by atoms with Gasteiger partial charge in [-0.05, 0) is 232 Å². The van der Waals surface area contributed by atoms with E-state index in [0.717, 1.165) is 95.5 Å². The summed E-state index contributed by atoms with van der Waals surface area (Å²) in [4.78, 5) is 9.43. The van der Waals surface area contributed by atoms with Gasteiger partial charge in [-0.1, -0.05) is 297 Å². The van der Waals surface area contributed by atoms with Crippen molar-refractivity contribution in [3.05, 3.63) is 423 Å². The molecular formula is C110H88Br2N6. The highest BCUT2D eigenvalue weighted by Crippen LogP contribution is 2.50. The van der Waals surface area contributed by atoms with Gasteiger partial charge in [0.1, 0.15) is 0 Å². The molecule has 0 saturated heterocycles. The van der Waals surface area contributed by atoms with Gasteiger partial charge in [0.2, 0.25) is 0 Å². The molecule has 0 spiro atoms. The van der Waals surface area contributed by atoms with Crippen LogP contribution in [0.25, 0.3) is 98.1 Å². The minimum atomic E-state index is 1.08. The molecule has 0 atom stereocenters. The Hall–Kier alpha value is -13.2. The lowest BCUT2D eigenvalue weighted by Gasteiger charge is -2.26. The number of nitrogens with zero attached hydrogens (tertiary/aromatic N) is 6. The third-order valence-corrected chi connectivity index (χ3v) is 24.6. The highest BCUT2D eigenvalue weighted by atomic mass is 79.9. The van der Waals surface area contributed by atoms with Crippen molar-refractivity contribution in [2.45, 2.75) is 57.8 Å². The Balaban J connectivity index is 0.000000159. The zero-order valence-electron chi connectivity index (χ0n) is 65.8. The van der Waals surface area contributed by atoms with E-state index in [4.69, 9.17) is 0 Å². The molecule has 0 aliphatic carbocycles. The predicted molar refractivity (Wildman–Crippen MR) is 512 cm³/mol. The molecular weight excluding hydrogens is 1570 g/mol. The number of fused-ring (bicyclic) bond motifs is 10. The quantitative estimate of drug-likeness (QED) is 0.0342. The Kier molecular flexibility index (Phi) is 21.7. The molecule has 118 heavy (non-hydrogen) atoms. The number of anilines is 12. The number of aryl methyl sites for hydroxylation is 1. The Bertz CT molecular complexity index is 6350. The van der Waals surface area contributed by atoms with Gasteiger partial charge in [-0.15, -0.1) is 0 Å². The van der Waals surface area contributed by atoms with Gasteiger partial charge < -0.3 is 28.7 Å². The molecule has 0 amide bonds. The van der Waals surface area contributed by atoms with Crippen LogP contribution in [0.1, 0.15) is 56.9 Å². The zero-order valence-corrected chi connectivity index (χ0v) is 68.9. The molecule has 20 rings (SSSR count). The van der Waals surface area contributed by atoms with Gasteiger partial charge >= 0.3 is 0 Å². The summed E-state index contributed by atoms with van der Waals surface area (Å²) in [6.45, 7) is 0. The van der Waals surface area contributed by atoms with E-state index in [1.165, 1.54) is 144 Å². The van der Waals surface area contributed by atoms with Crippen LogP contribution in [0.3, 0.4) is 0 Å². The first-order chi connectivity index (χ1) is 58.5. The van der Waals surface area contributed by atoms with Crippen LogP contribution in [-0.2, 0) is 6.42 Å². The van der Waals surface area contributed by atoms with Crippen LogP contribution < -0.4 is 19.6 Å². The van der Waals surface area contributed by atoms with Gasteiger partial charge in [-0.3, -0.25) is 0 Å². The van der Waals surface area contributed by atoms with Crippen molar-refractivity contribution in [2.24, 2.45) is 0 Å². The monoisotopic (exact) mass is 1650 g/mol. The summed E-state index contributed by atoms with van der Waals surface area (Å²) >= 11 is 7.58. The fraction of sp³-hybridized carbons (Fsp3) is 0.0909. The summed E-state index contributed by atoms with van der Waals surface area (Å²) in [6, 6.07) is 149.